The van der Waals surface area contributed by atoms with Crippen LogP contribution in [0.2, 0.25) is 5.02 Å². The molecule has 0 amide bonds. The topological polar surface area (TPSA) is 12.0 Å². The highest BCUT2D eigenvalue weighted by molar-refractivity contribution is 6.31. The van der Waals surface area contributed by atoms with Crippen molar-refractivity contribution in [1.82, 2.24) is 5.32 Å². The van der Waals surface area contributed by atoms with E-state index in [9.17, 15) is 4.39 Å². The molecule has 0 aliphatic rings. The summed E-state index contributed by atoms with van der Waals surface area (Å²) in [5.41, 5.74) is 0.518. The van der Waals surface area contributed by atoms with E-state index in [1.807, 2.05) is 20.8 Å². The van der Waals surface area contributed by atoms with E-state index in [1.165, 1.54) is 6.07 Å². The van der Waals surface area contributed by atoms with Crippen molar-refractivity contribution in [2.45, 2.75) is 38.2 Å². The van der Waals surface area contributed by atoms with Gasteiger partial charge in [0, 0.05) is 17.5 Å². The van der Waals surface area contributed by atoms with Crippen LogP contribution in [-0.2, 0) is 6.54 Å². The maximum Gasteiger partial charge on any atom is 0.142 e. The third kappa shape index (κ3) is 3.34. The molecule has 90 valence electrons. The molecule has 0 fully saturated rings. The number of halogens is 3. The van der Waals surface area contributed by atoms with Gasteiger partial charge in [-0.05, 0) is 32.4 Å². The SMILES string of the molecule is CC(Cl)C(C)(C)NCc1cccc(F)c1Cl. The van der Waals surface area contributed by atoms with Crippen LogP contribution in [0.5, 0.6) is 0 Å². The van der Waals surface area contributed by atoms with Crippen LogP contribution < -0.4 is 5.32 Å². The van der Waals surface area contributed by atoms with E-state index in [-0.39, 0.29) is 15.9 Å². The standard InChI is InChI=1S/C12H16Cl2FN/c1-8(13)12(2,3)16-7-9-5-4-6-10(15)11(9)14/h4-6,8,16H,7H2,1-3H3. The van der Waals surface area contributed by atoms with E-state index in [2.05, 4.69) is 5.32 Å². The van der Waals surface area contributed by atoms with Crippen LogP contribution >= 0.6 is 23.2 Å². The fourth-order valence-corrected chi connectivity index (χ4v) is 1.42. The summed E-state index contributed by atoms with van der Waals surface area (Å²) in [6.45, 7) is 6.41. The summed E-state index contributed by atoms with van der Waals surface area (Å²) in [5.74, 6) is -0.391. The Bertz CT molecular complexity index is 364. The van der Waals surface area contributed by atoms with Gasteiger partial charge in [0.15, 0.2) is 0 Å². The molecular formula is C12H16Cl2FN. The molecular weight excluding hydrogens is 248 g/mol. The van der Waals surface area contributed by atoms with Crippen LogP contribution in [0, 0.1) is 5.82 Å². The molecule has 0 aromatic heterocycles. The molecule has 1 atom stereocenters. The minimum Gasteiger partial charge on any atom is -0.306 e. The summed E-state index contributed by atoms with van der Waals surface area (Å²) >= 11 is 11.9. The zero-order valence-corrected chi connectivity index (χ0v) is 11.2. The lowest BCUT2D eigenvalue weighted by Crippen LogP contribution is -2.45. The molecule has 1 nitrogen and oxygen atoms in total. The first kappa shape index (κ1) is 13.8. The molecule has 0 heterocycles. The fraction of sp³-hybridized carbons (Fsp3) is 0.500. The second-order valence-electron chi connectivity index (χ2n) is 4.40. The Kier molecular flexibility index (Phi) is 4.60. The molecule has 0 aliphatic heterocycles. The second kappa shape index (κ2) is 5.35. The average Bonchev–Trinajstić information content (AvgIpc) is 2.20. The van der Waals surface area contributed by atoms with Gasteiger partial charge in [0.25, 0.3) is 0 Å². The van der Waals surface area contributed by atoms with E-state index in [0.29, 0.717) is 6.54 Å². The summed E-state index contributed by atoms with van der Waals surface area (Å²) in [6, 6.07) is 4.80. The molecule has 1 unspecified atom stereocenters. The van der Waals surface area contributed by atoms with Gasteiger partial charge in [0.1, 0.15) is 5.82 Å². The zero-order chi connectivity index (χ0) is 12.3. The molecule has 0 saturated carbocycles. The largest absolute Gasteiger partial charge is 0.306 e. The van der Waals surface area contributed by atoms with Crippen LogP contribution in [0.25, 0.3) is 0 Å². The van der Waals surface area contributed by atoms with Crippen LogP contribution in [0.1, 0.15) is 26.3 Å². The molecule has 1 aromatic rings. The molecule has 16 heavy (non-hydrogen) atoms. The van der Waals surface area contributed by atoms with Crippen LogP contribution in [-0.4, -0.2) is 10.9 Å². The van der Waals surface area contributed by atoms with E-state index < -0.39 is 5.82 Å². The van der Waals surface area contributed by atoms with Gasteiger partial charge in [0.05, 0.1) is 5.02 Å². The highest BCUT2D eigenvalue weighted by Gasteiger charge is 2.23. The van der Waals surface area contributed by atoms with E-state index in [4.69, 9.17) is 23.2 Å². The Hall–Kier alpha value is -0.310. The van der Waals surface area contributed by atoms with Crippen molar-refractivity contribution in [1.29, 1.82) is 0 Å². The summed E-state index contributed by atoms with van der Waals surface area (Å²) < 4.78 is 13.2. The van der Waals surface area contributed by atoms with Crippen molar-refractivity contribution in [3.05, 3.63) is 34.6 Å². The molecule has 0 saturated heterocycles. The summed E-state index contributed by atoms with van der Waals surface area (Å²) in [6.07, 6.45) is 0. The predicted molar refractivity (Wildman–Crippen MR) is 67.6 cm³/mol. The Morgan fingerprint density at radius 3 is 2.62 bits per heavy atom. The first-order valence-corrected chi connectivity index (χ1v) is 5.98. The van der Waals surface area contributed by atoms with Crippen molar-refractivity contribution in [3.63, 3.8) is 0 Å². The Morgan fingerprint density at radius 2 is 2.06 bits per heavy atom. The van der Waals surface area contributed by atoms with Crippen LogP contribution in [0.15, 0.2) is 18.2 Å². The quantitative estimate of drug-likeness (QED) is 0.811. The minimum atomic E-state index is -0.391. The number of alkyl halides is 1. The molecule has 0 bridgehead atoms. The third-order valence-electron chi connectivity index (χ3n) is 2.76. The number of rotatable bonds is 4. The lowest BCUT2D eigenvalue weighted by molar-refractivity contribution is 0.380. The van der Waals surface area contributed by atoms with Gasteiger partial charge >= 0.3 is 0 Å². The van der Waals surface area contributed by atoms with Crippen molar-refractivity contribution >= 4 is 23.2 Å². The number of nitrogens with one attached hydrogen (secondary N) is 1. The zero-order valence-electron chi connectivity index (χ0n) is 9.65. The Balaban J connectivity index is 2.72. The van der Waals surface area contributed by atoms with Crippen molar-refractivity contribution < 1.29 is 4.39 Å². The molecule has 1 rings (SSSR count). The Labute approximate surface area is 106 Å². The highest BCUT2D eigenvalue weighted by atomic mass is 35.5. The van der Waals surface area contributed by atoms with E-state index >= 15 is 0 Å². The maximum atomic E-state index is 13.2. The van der Waals surface area contributed by atoms with Gasteiger partial charge in [-0.3, -0.25) is 0 Å². The van der Waals surface area contributed by atoms with Gasteiger partial charge in [-0.25, -0.2) is 4.39 Å². The van der Waals surface area contributed by atoms with Gasteiger partial charge in [-0.15, -0.1) is 11.6 Å². The minimum absolute atomic E-state index is 0.0279. The molecule has 4 heteroatoms. The van der Waals surface area contributed by atoms with Gasteiger partial charge < -0.3 is 5.32 Å². The van der Waals surface area contributed by atoms with Crippen molar-refractivity contribution in [2.24, 2.45) is 0 Å². The first-order chi connectivity index (χ1) is 7.34. The number of benzene rings is 1. The third-order valence-corrected chi connectivity index (χ3v) is 3.73. The molecule has 0 radical (unpaired) electrons. The smallest absolute Gasteiger partial charge is 0.142 e. The lowest BCUT2D eigenvalue weighted by atomic mass is 10.0. The van der Waals surface area contributed by atoms with Gasteiger partial charge in [0.2, 0.25) is 0 Å². The predicted octanol–water partition coefficient (Wildman–Crippen LogP) is 3.97. The average molecular weight is 264 g/mol. The molecule has 1 aromatic carbocycles. The first-order valence-electron chi connectivity index (χ1n) is 5.16. The van der Waals surface area contributed by atoms with Crippen LogP contribution in [0.3, 0.4) is 0 Å². The van der Waals surface area contributed by atoms with Crippen molar-refractivity contribution in [3.8, 4) is 0 Å². The highest BCUT2D eigenvalue weighted by Crippen LogP contribution is 2.21. The number of hydrogen-bond donors (Lipinski definition) is 1. The number of hydrogen-bond acceptors (Lipinski definition) is 1. The molecule has 0 spiro atoms. The Morgan fingerprint density at radius 1 is 1.44 bits per heavy atom. The van der Waals surface area contributed by atoms with Crippen LogP contribution in [0.4, 0.5) is 4.39 Å². The molecule has 1 N–H and O–H groups in total. The van der Waals surface area contributed by atoms with Crippen molar-refractivity contribution in [2.75, 3.05) is 0 Å². The van der Waals surface area contributed by atoms with Gasteiger partial charge in [-0.2, -0.15) is 0 Å². The van der Waals surface area contributed by atoms with E-state index in [1.54, 1.807) is 12.1 Å². The maximum absolute atomic E-state index is 13.2. The monoisotopic (exact) mass is 263 g/mol. The lowest BCUT2D eigenvalue weighted by Gasteiger charge is -2.29. The normalized spacial score (nSPS) is 13.9. The summed E-state index contributed by atoms with van der Waals surface area (Å²) in [5, 5.41) is 3.41. The summed E-state index contributed by atoms with van der Waals surface area (Å²) in [7, 11) is 0. The summed E-state index contributed by atoms with van der Waals surface area (Å²) in [4.78, 5) is 0. The second-order valence-corrected chi connectivity index (χ2v) is 5.44. The van der Waals surface area contributed by atoms with E-state index in [0.717, 1.165) is 5.56 Å². The fourth-order valence-electron chi connectivity index (χ4n) is 1.15. The molecule has 0 aliphatic carbocycles. The van der Waals surface area contributed by atoms with Gasteiger partial charge in [-0.1, -0.05) is 23.7 Å².